The van der Waals surface area contributed by atoms with Crippen molar-refractivity contribution in [2.45, 2.75) is 13.0 Å². The first-order chi connectivity index (χ1) is 13.1. The van der Waals surface area contributed by atoms with E-state index in [4.69, 9.17) is 9.47 Å². The van der Waals surface area contributed by atoms with E-state index in [1.165, 1.54) is 0 Å². The largest absolute Gasteiger partial charge is 0.493 e. The zero-order valence-corrected chi connectivity index (χ0v) is 15.4. The lowest BCUT2D eigenvalue weighted by atomic mass is 10.1. The number of aryl methyl sites for hydroxylation is 1. The van der Waals surface area contributed by atoms with Crippen LogP contribution in [0.4, 0.5) is 0 Å². The summed E-state index contributed by atoms with van der Waals surface area (Å²) >= 11 is 0. The van der Waals surface area contributed by atoms with Crippen molar-refractivity contribution < 1.29 is 14.3 Å². The highest BCUT2D eigenvalue weighted by molar-refractivity contribution is 5.97. The number of nitrogens with one attached hydrogen (secondary N) is 1. The molecule has 1 aromatic carbocycles. The first kappa shape index (κ1) is 17.1. The first-order valence-corrected chi connectivity index (χ1v) is 8.60. The molecule has 7 heteroatoms. The fraction of sp³-hybridized carbons (Fsp3) is 0.250. The predicted molar refractivity (Wildman–Crippen MR) is 100.0 cm³/mol. The number of aromatic nitrogens is 3. The van der Waals surface area contributed by atoms with E-state index in [9.17, 15) is 4.79 Å². The molecule has 0 spiro atoms. The Labute approximate surface area is 156 Å². The van der Waals surface area contributed by atoms with E-state index in [1.807, 2.05) is 31.3 Å². The quantitative estimate of drug-likeness (QED) is 0.588. The highest BCUT2D eigenvalue weighted by atomic mass is 16.5. The average Bonchev–Trinajstić information content (AvgIpc) is 3.22. The standard InChI is InChI=1S/C20H20N4O3/c1-24-19-14-9-17(27-3)16(26-2)8-13(14)7-15(19)18(23-24)20(25)22-11-12-5-4-6-21-10-12/h4-6,8-10H,7,11H2,1-3H3,(H,22,25). The number of methoxy groups -OCH3 is 2. The number of fused-ring (bicyclic) bond motifs is 3. The lowest BCUT2D eigenvalue weighted by molar-refractivity contribution is 0.0944. The van der Waals surface area contributed by atoms with Crippen LogP contribution in [0.2, 0.25) is 0 Å². The van der Waals surface area contributed by atoms with Crippen molar-refractivity contribution in [3.63, 3.8) is 0 Å². The Morgan fingerprint density at radius 3 is 2.74 bits per heavy atom. The third-order valence-corrected chi connectivity index (χ3v) is 4.77. The van der Waals surface area contributed by atoms with Gasteiger partial charge in [-0.25, -0.2) is 0 Å². The van der Waals surface area contributed by atoms with E-state index < -0.39 is 0 Å². The van der Waals surface area contributed by atoms with Gasteiger partial charge in [-0.1, -0.05) is 6.07 Å². The Morgan fingerprint density at radius 2 is 2.04 bits per heavy atom. The van der Waals surface area contributed by atoms with Gasteiger partial charge in [0.25, 0.3) is 5.91 Å². The van der Waals surface area contributed by atoms with Crippen LogP contribution in [0.3, 0.4) is 0 Å². The van der Waals surface area contributed by atoms with Gasteiger partial charge in [-0.2, -0.15) is 5.10 Å². The van der Waals surface area contributed by atoms with Gasteiger partial charge < -0.3 is 14.8 Å². The molecule has 4 rings (SSSR count). The van der Waals surface area contributed by atoms with Crippen molar-refractivity contribution in [2.24, 2.45) is 7.05 Å². The Kier molecular flexibility index (Phi) is 4.27. The molecule has 7 nitrogen and oxygen atoms in total. The van der Waals surface area contributed by atoms with Gasteiger partial charge in [-0.3, -0.25) is 14.5 Å². The van der Waals surface area contributed by atoms with Crippen LogP contribution >= 0.6 is 0 Å². The molecule has 1 N–H and O–H groups in total. The second-order valence-corrected chi connectivity index (χ2v) is 6.38. The molecule has 27 heavy (non-hydrogen) atoms. The first-order valence-electron chi connectivity index (χ1n) is 8.60. The van der Waals surface area contributed by atoms with E-state index in [1.54, 1.807) is 31.3 Å². The monoisotopic (exact) mass is 364 g/mol. The molecule has 0 fully saturated rings. The molecule has 0 unspecified atom stereocenters. The molecule has 3 aromatic rings. The summed E-state index contributed by atoms with van der Waals surface area (Å²) < 4.78 is 12.6. The Morgan fingerprint density at radius 1 is 1.26 bits per heavy atom. The summed E-state index contributed by atoms with van der Waals surface area (Å²) in [6.45, 7) is 0.409. The van der Waals surface area contributed by atoms with Crippen molar-refractivity contribution in [2.75, 3.05) is 14.2 Å². The molecular formula is C20H20N4O3. The molecule has 1 amide bonds. The number of carbonyl (C=O) groups excluding carboxylic acids is 1. The van der Waals surface area contributed by atoms with E-state index in [2.05, 4.69) is 15.4 Å². The van der Waals surface area contributed by atoms with Gasteiger partial charge in [-0.05, 0) is 29.3 Å². The normalized spacial score (nSPS) is 11.7. The molecule has 0 saturated carbocycles. The van der Waals surface area contributed by atoms with Crippen molar-refractivity contribution in [1.29, 1.82) is 0 Å². The lowest BCUT2D eigenvalue weighted by Crippen LogP contribution is -2.24. The van der Waals surface area contributed by atoms with Crippen LogP contribution in [-0.2, 0) is 20.0 Å². The summed E-state index contributed by atoms with van der Waals surface area (Å²) in [4.78, 5) is 16.8. The van der Waals surface area contributed by atoms with E-state index in [0.29, 0.717) is 30.2 Å². The smallest absolute Gasteiger partial charge is 0.272 e. The zero-order chi connectivity index (χ0) is 19.0. The van der Waals surface area contributed by atoms with Gasteiger partial charge in [0.1, 0.15) is 0 Å². The summed E-state index contributed by atoms with van der Waals surface area (Å²) in [5.74, 6) is 1.15. The predicted octanol–water partition coefficient (Wildman–Crippen LogP) is 2.33. The molecule has 0 saturated heterocycles. The third kappa shape index (κ3) is 2.91. The maximum atomic E-state index is 12.7. The number of ether oxygens (including phenoxy) is 2. The topological polar surface area (TPSA) is 78.3 Å². The lowest BCUT2D eigenvalue weighted by Gasteiger charge is -2.11. The van der Waals surface area contributed by atoms with E-state index in [0.717, 1.165) is 27.9 Å². The minimum absolute atomic E-state index is 0.192. The second-order valence-electron chi connectivity index (χ2n) is 6.38. The van der Waals surface area contributed by atoms with E-state index in [-0.39, 0.29) is 5.91 Å². The van der Waals surface area contributed by atoms with Gasteiger partial charge in [0.2, 0.25) is 0 Å². The minimum atomic E-state index is -0.192. The number of benzene rings is 1. The van der Waals surface area contributed by atoms with Crippen LogP contribution in [-0.4, -0.2) is 34.9 Å². The van der Waals surface area contributed by atoms with Gasteiger partial charge in [-0.15, -0.1) is 0 Å². The molecule has 0 atom stereocenters. The van der Waals surface area contributed by atoms with Crippen LogP contribution in [0.25, 0.3) is 11.3 Å². The number of carbonyl (C=O) groups is 1. The fourth-order valence-electron chi connectivity index (χ4n) is 3.50. The molecule has 2 aromatic heterocycles. The molecule has 1 aliphatic carbocycles. The Balaban J connectivity index is 1.64. The Hall–Kier alpha value is -3.35. The molecule has 138 valence electrons. The molecular weight excluding hydrogens is 344 g/mol. The van der Waals surface area contributed by atoms with Crippen molar-refractivity contribution in [3.8, 4) is 22.8 Å². The molecule has 0 aliphatic heterocycles. The number of rotatable bonds is 5. The number of amides is 1. The molecule has 1 aliphatic rings. The van der Waals surface area contributed by atoms with Crippen LogP contribution in [0, 0.1) is 0 Å². The van der Waals surface area contributed by atoms with Gasteiger partial charge in [0.05, 0.1) is 19.9 Å². The van der Waals surface area contributed by atoms with Crippen molar-refractivity contribution in [1.82, 2.24) is 20.1 Å². The molecule has 0 radical (unpaired) electrons. The maximum absolute atomic E-state index is 12.7. The highest BCUT2D eigenvalue weighted by Gasteiger charge is 2.30. The Bertz CT molecular complexity index is 1010. The zero-order valence-electron chi connectivity index (χ0n) is 15.4. The summed E-state index contributed by atoms with van der Waals surface area (Å²) in [6.07, 6.45) is 4.07. The van der Waals surface area contributed by atoms with Crippen LogP contribution in [0.15, 0.2) is 36.7 Å². The van der Waals surface area contributed by atoms with E-state index >= 15 is 0 Å². The van der Waals surface area contributed by atoms with Crippen molar-refractivity contribution in [3.05, 3.63) is 59.0 Å². The number of hydrogen-bond donors (Lipinski definition) is 1. The van der Waals surface area contributed by atoms with Gasteiger partial charge in [0, 0.05) is 43.5 Å². The summed E-state index contributed by atoms with van der Waals surface area (Å²) in [7, 11) is 5.08. The number of hydrogen-bond acceptors (Lipinski definition) is 5. The number of nitrogens with zero attached hydrogens (tertiary/aromatic N) is 3. The SMILES string of the molecule is COc1cc2c(cc1OC)-c1c(c(C(=O)NCc3cccnc3)nn1C)C2. The van der Waals surface area contributed by atoms with Gasteiger partial charge in [0.15, 0.2) is 17.2 Å². The van der Waals surface area contributed by atoms with Crippen LogP contribution in [0.1, 0.15) is 27.2 Å². The van der Waals surface area contributed by atoms with Crippen molar-refractivity contribution >= 4 is 5.91 Å². The summed E-state index contributed by atoms with van der Waals surface area (Å²) in [5.41, 5.74) is 5.37. The maximum Gasteiger partial charge on any atom is 0.272 e. The second kappa shape index (κ2) is 6.75. The minimum Gasteiger partial charge on any atom is -0.493 e. The summed E-state index contributed by atoms with van der Waals surface area (Å²) in [6, 6.07) is 7.67. The fourth-order valence-corrected chi connectivity index (χ4v) is 3.50. The van der Waals surface area contributed by atoms with Gasteiger partial charge >= 0.3 is 0 Å². The average molecular weight is 364 g/mol. The van der Waals surface area contributed by atoms with Crippen LogP contribution in [0.5, 0.6) is 11.5 Å². The third-order valence-electron chi connectivity index (χ3n) is 4.77. The summed E-state index contributed by atoms with van der Waals surface area (Å²) in [5, 5.41) is 7.38. The molecule has 2 heterocycles. The highest BCUT2D eigenvalue weighted by Crippen LogP contribution is 2.43. The van der Waals surface area contributed by atoms with Crippen LogP contribution < -0.4 is 14.8 Å². The number of pyridine rings is 1. The molecule has 0 bridgehead atoms.